The first-order valence-corrected chi connectivity index (χ1v) is 6.37. The van der Waals surface area contributed by atoms with Crippen LogP contribution in [0.25, 0.3) is 5.69 Å². The first kappa shape index (κ1) is 12.4. The predicted molar refractivity (Wildman–Crippen MR) is 70.6 cm³/mol. The zero-order chi connectivity index (χ0) is 13.4. The Bertz CT molecular complexity index is 651. The lowest BCUT2D eigenvalue weighted by Crippen LogP contribution is -2.22. The highest BCUT2D eigenvalue weighted by atomic mass is 35.5. The van der Waals surface area contributed by atoms with Crippen LogP contribution in [-0.2, 0) is 0 Å². The van der Waals surface area contributed by atoms with E-state index in [1.165, 1.54) is 4.57 Å². The normalized spacial score (nSPS) is 22.8. The number of nitrogens with one attached hydrogen (secondary N) is 2. The number of aliphatic hydroxyl groups excluding tert-OH is 1. The van der Waals surface area contributed by atoms with Crippen molar-refractivity contribution in [3.05, 3.63) is 45.6 Å². The summed E-state index contributed by atoms with van der Waals surface area (Å²) in [6, 6.07) is 6.86. The molecule has 2 heterocycles. The molecule has 1 aliphatic heterocycles. The maximum atomic E-state index is 11.9. The van der Waals surface area contributed by atoms with Crippen LogP contribution in [0.3, 0.4) is 0 Å². The van der Waals surface area contributed by atoms with E-state index in [0.717, 1.165) is 0 Å². The molecule has 0 bridgehead atoms. The number of halogens is 1. The van der Waals surface area contributed by atoms with Gasteiger partial charge < -0.3 is 10.4 Å². The number of benzene rings is 1. The van der Waals surface area contributed by atoms with Gasteiger partial charge in [0.15, 0.2) is 5.82 Å². The quantitative estimate of drug-likeness (QED) is 0.753. The molecule has 6 nitrogen and oxygen atoms in total. The lowest BCUT2D eigenvalue weighted by Gasteiger charge is -2.11. The van der Waals surface area contributed by atoms with Crippen molar-refractivity contribution in [3.8, 4) is 5.69 Å². The van der Waals surface area contributed by atoms with Crippen molar-refractivity contribution in [2.75, 3.05) is 6.54 Å². The largest absolute Gasteiger partial charge is 0.392 e. The predicted octanol–water partition coefficient (Wildman–Crippen LogP) is 0.609. The summed E-state index contributed by atoms with van der Waals surface area (Å²) in [5.74, 6) is 0.559. The Morgan fingerprint density at radius 1 is 1.47 bits per heavy atom. The molecule has 1 aliphatic rings. The maximum Gasteiger partial charge on any atom is 0.347 e. The molecule has 1 aromatic heterocycles. The minimum atomic E-state index is -0.412. The number of aromatic nitrogens is 3. The molecule has 0 saturated carbocycles. The Morgan fingerprint density at radius 3 is 3.00 bits per heavy atom. The Hall–Kier alpha value is -1.63. The van der Waals surface area contributed by atoms with E-state index in [4.69, 9.17) is 11.6 Å². The van der Waals surface area contributed by atoms with Crippen molar-refractivity contribution in [1.29, 1.82) is 0 Å². The molecule has 100 valence electrons. The number of aromatic amines is 1. The van der Waals surface area contributed by atoms with Crippen LogP contribution in [0, 0.1) is 0 Å². The van der Waals surface area contributed by atoms with Gasteiger partial charge in [0.05, 0.1) is 17.8 Å². The van der Waals surface area contributed by atoms with Gasteiger partial charge in [0.1, 0.15) is 0 Å². The van der Waals surface area contributed by atoms with Gasteiger partial charge in [-0.3, -0.25) is 0 Å². The number of aliphatic hydroxyl groups is 1. The van der Waals surface area contributed by atoms with Crippen LogP contribution in [0.15, 0.2) is 29.1 Å². The minimum Gasteiger partial charge on any atom is -0.392 e. The molecule has 3 rings (SSSR count). The van der Waals surface area contributed by atoms with Crippen LogP contribution in [-0.4, -0.2) is 32.5 Å². The highest BCUT2D eigenvalue weighted by Crippen LogP contribution is 2.23. The number of H-pyrrole nitrogens is 1. The summed E-state index contributed by atoms with van der Waals surface area (Å²) in [4.78, 5) is 11.9. The smallest absolute Gasteiger partial charge is 0.347 e. The zero-order valence-electron chi connectivity index (χ0n) is 10.0. The minimum absolute atomic E-state index is 0.145. The molecule has 0 unspecified atom stereocenters. The van der Waals surface area contributed by atoms with E-state index in [1.807, 2.05) is 0 Å². The molecule has 19 heavy (non-hydrogen) atoms. The van der Waals surface area contributed by atoms with Crippen LogP contribution in [0.5, 0.6) is 0 Å². The molecule has 7 heteroatoms. The van der Waals surface area contributed by atoms with E-state index in [9.17, 15) is 9.90 Å². The lowest BCUT2D eigenvalue weighted by atomic mass is 10.2. The van der Waals surface area contributed by atoms with E-state index < -0.39 is 6.10 Å². The molecule has 1 aromatic carbocycles. The van der Waals surface area contributed by atoms with E-state index >= 15 is 0 Å². The number of hydrogen-bond acceptors (Lipinski definition) is 4. The second-order valence-corrected chi connectivity index (χ2v) is 4.99. The molecule has 1 fully saturated rings. The Labute approximate surface area is 114 Å². The third kappa shape index (κ3) is 2.30. The summed E-state index contributed by atoms with van der Waals surface area (Å²) in [5.41, 5.74) is 0.338. The van der Waals surface area contributed by atoms with Crippen LogP contribution >= 0.6 is 11.6 Å². The van der Waals surface area contributed by atoms with Crippen molar-refractivity contribution in [2.24, 2.45) is 0 Å². The highest BCUT2D eigenvalue weighted by molar-refractivity contribution is 6.30. The number of nitrogens with zero attached hydrogens (tertiary/aromatic N) is 2. The zero-order valence-corrected chi connectivity index (χ0v) is 10.8. The van der Waals surface area contributed by atoms with E-state index in [-0.39, 0.29) is 11.7 Å². The van der Waals surface area contributed by atoms with Gasteiger partial charge in [0.2, 0.25) is 0 Å². The summed E-state index contributed by atoms with van der Waals surface area (Å²) in [6.07, 6.45) is 0.120. The monoisotopic (exact) mass is 280 g/mol. The van der Waals surface area contributed by atoms with Crippen molar-refractivity contribution in [3.63, 3.8) is 0 Å². The van der Waals surface area contributed by atoms with Crippen LogP contribution < -0.4 is 11.0 Å². The number of β-amino-alcohol motifs (C(OH)–C–C–N with tert-alkyl or cyclic N) is 1. The fraction of sp³-hybridized carbons (Fsp3) is 0.333. The maximum absolute atomic E-state index is 11.9. The van der Waals surface area contributed by atoms with Gasteiger partial charge in [-0.1, -0.05) is 17.7 Å². The van der Waals surface area contributed by atoms with Gasteiger partial charge in [-0.05, 0) is 24.6 Å². The van der Waals surface area contributed by atoms with Crippen LogP contribution in [0.2, 0.25) is 5.02 Å². The molecular formula is C12H13ClN4O2. The molecule has 3 N–H and O–H groups in total. The Balaban J connectivity index is 2.06. The fourth-order valence-electron chi connectivity index (χ4n) is 2.32. The molecule has 0 radical (unpaired) electrons. The van der Waals surface area contributed by atoms with Gasteiger partial charge in [-0.2, -0.15) is 5.10 Å². The summed E-state index contributed by atoms with van der Waals surface area (Å²) in [7, 11) is 0. The first-order chi connectivity index (χ1) is 9.15. The molecule has 0 aliphatic carbocycles. The number of hydrogen-bond donors (Lipinski definition) is 3. The number of rotatable bonds is 2. The molecular weight excluding hydrogens is 268 g/mol. The third-order valence-electron chi connectivity index (χ3n) is 3.18. The van der Waals surface area contributed by atoms with E-state index in [1.54, 1.807) is 24.3 Å². The topological polar surface area (TPSA) is 82.9 Å². The Morgan fingerprint density at radius 2 is 2.32 bits per heavy atom. The first-order valence-electron chi connectivity index (χ1n) is 6.00. The molecule has 2 atom stereocenters. The standard InChI is InChI=1S/C12H13ClN4O2/c13-7-2-1-3-8(4-7)17-11(15-16-12(17)19)10-5-9(18)6-14-10/h1-4,9-10,14,18H,5-6H2,(H,16,19)/t9-,10+/m1/s1. The molecule has 0 spiro atoms. The average Bonchev–Trinajstić information content (AvgIpc) is 2.95. The Kier molecular flexibility index (Phi) is 3.14. The van der Waals surface area contributed by atoms with Crippen molar-refractivity contribution < 1.29 is 5.11 Å². The third-order valence-corrected chi connectivity index (χ3v) is 3.42. The molecule has 1 saturated heterocycles. The fourth-order valence-corrected chi connectivity index (χ4v) is 2.51. The highest BCUT2D eigenvalue weighted by Gasteiger charge is 2.28. The van der Waals surface area contributed by atoms with Crippen LogP contribution in [0.1, 0.15) is 18.3 Å². The van der Waals surface area contributed by atoms with Gasteiger partial charge in [-0.15, -0.1) is 0 Å². The summed E-state index contributed by atoms with van der Waals surface area (Å²) in [5, 5.41) is 19.7. The molecule has 2 aromatic rings. The summed E-state index contributed by atoms with van der Waals surface area (Å²) < 4.78 is 1.47. The second kappa shape index (κ2) is 4.80. The second-order valence-electron chi connectivity index (χ2n) is 4.55. The van der Waals surface area contributed by atoms with Crippen molar-refractivity contribution >= 4 is 11.6 Å². The van der Waals surface area contributed by atoms with E-state index in [2.05, 4.69) is 15.5 Å². The van der Waals surface area contributed by atoms with Gasteiger partial charge in [0.25, 0.3) is 0 Å². The van der Waals surface area contributed by atoms with Crippen LogP contribution in [0.4, 0.5) is 0 Å². The van der Waals surface area contributed by atoms with E-state index in [0.29, 0.717) is 29.5 Å². The van der Waals surface area contributed by atoms with Crippen molar-refractivity contribution in [1.82, 2.24) is 20.1 Å². The SMILES string of the molecule is O=c1[nH]nc([C@@H]2C[C@@H](O)CN2)n1-c1cccc(Cl)c1. The van der Waals surface area contributed by atoms with Gasteiger partial charge in [-0.25, -0.2) is 14.5 Å². The van der Waals surface area contributed by atoms with Gasteiger partial charge in [0, 0.05) is 11.6 Å². The summed E-state index contributed by atoms with van der Waals surface area (Å²) >= 11 is 5.95. The van der Waals surface area contributed by atoms with Gasteiger partial charge >= 0.3 is 5.69 Å². The lowest BCUT2D eigenvalue weighted by molar-refractivity contribution is 0.193. The van der Waals surface area contributed by atoms with Crippen molar-refractivity contribution in [2.45, 2.75) is 18.6 Å². The molecule has 0 amide bonds. The summed E-state index contributed by atoms with van der Waals surface area (Å²) in [6.45, 7) is 0.501. The average molecular weight is 281 g/mol.